The summed E-state index contributed by atoms with van der Waals surface area (Å²) in [5, 5.41) is 20.7. The van der Waals surface area contributed by atoms with Crippen molar-refractivity contribution in [2.75, 3.05) is 0 Å². The van der Waals surface area contributed by atoms with E-state index >= 15 is 0 Å². The summed E-state index contributed by atoms with van der Waals surface area (Å²) < 4.78 is 0. The number of benzene rings is 2. The van der Waals surface area contributed by atoms with E-state index in [0.717, 1.165) is 11.8 Å². The first-order valence-corrected chi connectivity index (χ1v) is 7.25. The quantitative estimate of drug-likeness (QED) is 0.698. The molecule has 0 aromatic heterocycles. The molecule has 104 valence electrons. The van der Waals surface area contributed by atoms with Gasteiger partial charge < -0.3 is 13.1 Å². The number of hydrogen-bond donors (Lipinski definition) is 2. The van der Waals surface area contributed by atoms with Crippen LogP contribution in [0.25, 0.3) is 0 Å². The molecule has 0 heterocycles. The van der Waals surface area contributed by atoms with Crippen LogP contribution < -0.4 is 59.1 Å². The van der Waals surface area contributed by atoms with Crippen LogP contribution in [0.3, 0.4) is 0 Å². The van der Waals surface area contributed by atoms with Crippen molar-refractivity contribution >= 4 is 58.2 Å². The molecule has 0 fully saturated rings. The summed E-state index contributed by atoms with van der Waals surface area (Å²) in [5.74, 6) is -0.238. The predicted molar refractivity (Wildman–Crippen MR) is 82.6 cm³/mol. The third-order valence-electron chi connectivity index (χ3n) is 2.21. The van der Waals surface area contributed by atoms with Gasteiger partial charge in [-0.05, 0) is 24.3 Å². The molecule has 0 aliphatic rings. The molecule has 9 heteroatoms. The van der Waals surface area contributed by atoms with Crippen LogP contribution in [-0.4, -0.2) is 10.2 Å². The van der Waals surface area contributed by atoms with Crippen LogP contribution in [0.5, 0.6) is 11.5 Å². The summed E-state index contributed by atoms with van der Waals surface area (Å²) in [5.41, 5.74) is 0. The van der Waals surface area contributed by atoms with Crippen LogP contribution >= 0.6 is 58.2 Å². The standard InChI is InChI=1S/C12H6Cl4O2S.2Na.2H/c13-5-1-7(15)11(17)9(3-5)19-10-4-6(14)2-8(16)12(10)18;;;;/h1-4,17-18H;;;;/q;2*+1;2*-1. The molecule has 0 spiro atoms. The zero-order chi connectivity index (χ0) is 14.2. The van der Waals surface area contributed by atoms with E-state index in [9.17, 15) is 10.2 Å². The van der Waals surface area contributed by atoms with Crippen molar-refractivity contribution in [2.24, 2.45) is 0 Å². The van der Waals surface area contributed by atoms with Gasteiger partial charge in [-0.25, -0.2) is 0 Å². The Morgan fingerprint density at radius 1 is 0.714 bits per heavy atom. The van der Waals surface area contributed by atoms with Crippen LogP contribution in [0.4, 0.5) is 0 Å². The topological polar surface area (TPSA) is 40.5 Å². The van der Waals surface area contributed by atoms with Crippen molar-refractivity contribution in [1.82, 2.24) is 0 Å². The molecule has 0 unspecified atom stereocenters. The fourth-order valence-corrected chi connectivity index (χ4v) is 3.61. The van der Waals surface area contributed by atoms with Crippen molar-refractivity contribution in [1.29, 1.82) is 0 Å². The summed E-state index contributed by atoms with van der Waals surface area (Å²) >= 11 is 24.4. The van der Waals surface area contributed by atoms with Gasteiger partial charge in [0.15, 0.2) is 0 Å². The summed E-state index contributed by atoms with van der Waals surface area (Å²) in [4.78, 5) is 0.789. The van der Waals surface area contributed by atoms with Gasteiger partial charge in [0.2, 0.25) is 0 Å². The minimum absolute atomic E-state index is 0. The molecular formula is C12H8Cl4Na2O2S. The molecule has 2 rings (SSSR count). The van der Waals surface area contributed by atoms with Gasteiger partial charge in [-0.2, -0.15) is 0 Å². The Labute approximate surface area is 193 Å². The van der Waals surface area contributed by atoms with E-state index in [2.05, 4.69) is 0 Å². The van der Waals surface area contributed by atoms with Gasteiger partial charge in [0.25, 0.3) is 0 Å². The van der Waals surface area contributed by atoms with Gasteiger partial charge in [-0.1, -0.05) is 58.2 Å². The molecule has 21 heavy (non-hydrogen) atoms. The van der Waals surface area contributed by atoms with E-state index in [0.29, 0.717) is 19.8 Å². The molecule has 0 radical (unpaired) electrons. The smallest absolute Gasteiger partial charge is 1.00 e. The van der Waals surface area contributed by atoms with Crippen molar-refractivity contribution in [3.63, 3.8) is 0 Å². The molecule has 2 aromatic rings. The first-order chi connectivity index (χ1) is 8.88. The van der Waals surface area contributed by atoms with Crippen LogP contribution in [-0.2, 0) is 0 Å². The molecule has 2 aromatic carbocycles. The number of rotatable bonds is 2. The average molecular weight is 404 g/mol. The van der Waals surface area contributed by atoms with Gasteiger partial charge in [0, 0.05) is 10.0 Å². The van der Waals surface area contributed by atoms with Crippen LogP contribution in [0.15, 0.2) is 34.1 Å². The Morgan fingerprint density at radius 2 is 1.05 bits per heavy atom. The summed E-state index contributed by atoms with van der Waals surface area (Å²) in [6, 6.07) is 5.91. The summed E-state index contributed by atoms with van der Waals surface area (Å²) in [6.45, 7) is 0. The third kappa shape index (κ3) is 5.84. The molecule has 2 N–H and O–H groups in total. The number of hydrogen-bond acceptors (Lipinski definition) is 3. The maximum absolute atomic E-state index is 9.85. The van der Waals surface area contributed by atoms with Gasteiger partial charge in [-0.15, -0.1) is 0 Å². The Kier molecular flexibility index (Phi) is 10.5. The Hall–Kier alpha value is 1.55. The molecule has 0 atom stereocenters. The van der Waals surface area contributed by atoms with Crippen molar-refractivity contribution in [3.05, 3.63) is 44.4 Å². The third-order valence-corrected chi connectivity index (χ3v) is 4.28. The number of aromatic hydroxyl groups is 2. The van der Waals surface area contributed by atoms with E-state index in [-0.39, 0.29) is 83.5 Å². The molecule has 0 aliphatic heterocycles. The maximum atomic E-state index is 9.85. The van der Waals surface area contributed by atoms with Gasteiger partial charge in [0.1, 0.15) is 11.5 Å². The van der Waals surface area contributed by atoms with E-state index in [1.807, 2.05) is 0 Å². The van der Waals surface area contributed by atoms with Gasteiger partial charge in [0.05, 0.1) is 19.8 Å². The second-order valence-corrected chi connectivity index (χ2v) is 6.34. The monoisotopic (exact) mass is 402 g/mol. The molecule has 0 amide bonds. The number of halogens is 4. The summed E-state index contributed by atoms with van der Waals surface area (Å²) in [6.07, 6.45) is 0. The molecule has 0 bridgehead atoms. The molecule has 0 saturated carbocycles. The molecule has 0 aliphatic carbocycles. The van der Waals surface area contributed by atoms with Crippen LogP contribution in [0.2, 0.25) is 20.1 Å². The Morgan fingerprint density at radius 3 is 1.38 bits per heavy atom. The van der Waals surface area contributed by atoms with Crippen molar-refractivity contribution in [3.8, 4) is 11.5 Å². The van der Waals surface area contributed by atoms with E-state index in [1.165, 1.54) is 24.3 Å². The van der Waals surface area contributed by atoms with Crippen molar-refractivity contribution in [2.45, 2.75) is 9.79 Å². The van der Waals surface area contributed by atoms with E-state index < -0.39 is 0 Å². The SMILES string of the molecule is Oc1c(Cl)cc(Cl)cc1Sc1cc(Cl)cc(Cl)c1O.[H-].[H-].[Na+].[Na+]. The van der Waals surface area contributed by atoms with Crippen molar-refractivity contribution < 1.29 is 72.2 Å². The maximum Gasteiger partial charge on any atom is 1.00 e. The molecule has 0 saturated heterocycles. The first kappa shape index (κ1) is 22.6. The van der Waals surface area contributed by atoms with Crippen LogP contribution in [0, 0.1) is 0 Å². The van der Waals surface area contributed by atoms with Crippen LogP contribution in [0.1, 0.15) is 2.85 Å². The first-order valence-electron chi connectivity index (χ1n) is 4.92. The molecular weight excluding hydrogens is 396 g/mol. The normalized spacial score (nSPS) is 9.71. The summed E-state index contributed by atoms with van der Waals surface area (Å²) in [7, 11) is 0. The van der Waals surface area contributed by atoms with Gasteiger partial charge >= 0.3 is 59.1 Å². The second-order valence-electron chi connectivity index (χ2n) is 3.57. The zero-order valence-corrected chi connectivity index (χ0v) is 19.0. The average Bonchev–Trinajstić information content (AvgIpc) is 2.31. The molecule has 2 nitrogen and oxygen atoms in total. The largest absolute Gasteiger partial charge is 1.00 e. The second kappa shape index (κ2) is 9.75. The number of phenols is 2. The predicted octanol–water partition coefficient (Wildman–Crippen LogP) is 0.0956. The fraction of sp³-hybridized carbons (Fsp3) is 0. The minimum atomic E-state index is -0.119. The number of phenolic OH excluding ortho intramolecular Hbond substituents is 2. The Balaban J connectivity index is -0.000001000. The minimum Gasteiger partial charge on any atom is -1.00 e. The zero-order valence-electron chi connectivity index (χ0n) is 13.1. The van der Waals surface area contributed by atoms with E-state index in [4.69, 9.17) is 46.4 Å². The van der Waals surface area contributed by atoms with Gasteiger partial charge in [-0.3, -0.25) is 0 Å². The fourth-order valence-electron chi connectivity index (χ4n) is 1.36. The Bertz CT molecular complexity index is 610. The van der Waals surface area contributed by atoms with E-state index in [1.54, 1.807) is 0 Å².